The Kier molecular flexibility index (Phi) is 7.11. The van der Waals surface area contributed by atoms with E-state index in [-0.39, 0.29) is 35.4 Å². The SMILES string of the molecule is CN(C)S(=O)(=O)c1ccc(COC(=O)C2CCN(S(=O)(=O)c3ccc(Cl)cc3)CC2)o1. The first-order valence-corrected chi connectivity index (χ1v) is 12.7. The molecule has 1 aromatic carbocycles. The van der Waals surface area contributed by atoms with Crippen molar-refractivity contribution in [2.45, 2.75) is 29.4 Å². The molecule has 0 bridgehead atoms. The molecule has 0 aliphatic carbocycles. The summed E-state index contributed by atoms with van der Waals surface area (Å²) in [7, 11) is -4.59. The lowest BCUT2D eigenvalue weighted by atomic mass is 9.98. The Balaban J connectivity index is 1.54. The van der Waals surface area contributed by atoms with Crippen LogP contribution < -0.4 is 0 Å². The number of ether oxygens (including phenoxy) is 1. The van der Waals surface area contributed by atoms with E-state index >= 15 is 0 Å². The van der Waals surface area contributed by atoms with Crippen molar-refractivity contribution in [3.63, 3.8) is 0 Å². The molecule has 0 saturated carbocycles. The van der Waals surface area contributed by atoms with Crippen molar-refractivity contribution in [3.05, 3.63) is 47.2 Å². The lowest BCUT2D eigenvalue weighted by Gasteiger charge is -2.30. The van der Waals surface area contributed by atoms with Gasteiger partial charge < -0.3 is 9.15 Å². The molecule has 0 atom stereocenters. The Morgan fingerprint density at radius 2 is 1.71 bits per heavy atom. The molecule has 0 unspecified atom stereocenters. The second-order valence-electron chi connectivity index (χ2n) is 7.25. The molecule has 2 heterocycles. The third-order valence-corrected chi connectivity index (χ3v) is 8.82. The fourth-order valence-electron chi connectivity index (χ4n) is 3.10. The second-order valence-corrected chi connectivity index (χ2v) is 11.7. The molecule has 0 radical (unpaired) electrons. The first-order valence-electron chi connectivity index (χ1n) is 9.45. The summed E-state index contributed by atoms with van der Waals surface area (Å²) in [4.78, 5) is 12.5. The number of rotatable bonds is 7. The van der Waals surface area contributed by atoms with Crippen molar-refractivity contribution in [1.82, 2.24) is 8.61 Å². The number of carbonyl (C=O) groups excluding carboxylic acids is 1. The number of furan rings is 1. The Morgan fingerprint density at radius 3 is 2.29 bits per heavy atom. The third-order valence-electron chi connectivity index (χ3n) is 4.97. The van der Waals surface area contributed by atoms with E-state index in [1.165, 1.54) is 54.8 Å². The van der Waals surface area contributed by atoms with Crippen LogP contribution in [0.25, 0.3) is 0 Å². The molecule has 31 heavy (non-hydrogen) atoms. The molecule has 0 N–H and O–H groups in total. The van der Waals surface area contributed by atoms with E-state index in [9.17, 15) is 21.6 Å². The van der Waals surface area contributed by atoms with Crippen LogP contribution in [0.1, 0.15) is 18.6 Å². The number of hydrogen-bond donors (Lipinski definition) is 0. The Bertz CT molecular complexity index is 1130. The van der Waals surface area contributed by atoms with Gasteiger partial charge in [0.1, 0.15) is 12.4 Å². The molecular formula is C19H23ClN2O7S2. The minimum Gasteiger partial charge on any atom is -0.457 e. The maximum Gasteiger partial charge on any atom is 0.309 e. The van der Waals surface area contributed by atoms with Gasteiger partial charge in [0.05, 0.1) is 10.8 Å². The minimum atomic E-state index is -3.70. The highest BCUT2D eigenvalue weighted by molar-refractivity contribution is 7.89. The molecule has 0 amide bonds. The van der Waals surface area contributed by atoms with Gasteiger partial charge in [-0.1, -0.05) is 11.6 Å². The average Bonchev–Trinajstić information content (AvgIpc) is 3.22. The Morgan fingerprint density at radius 1 is 1.10 bits per heavy atom. The molecular weight excluding hydrogens is 468 g/mol. The maximum atomic E-state index is 12.7. The standard InChI is InChI=1S/C19H23ClN2O7S2/c1-21(2)31(26,27)18-8-5-16(29-18)13-28-19(23)14-9-11-22(12-10-14)30(24,25)17-6-3-15(20)4-7-17/h3-8,14H,9-13H2,1-2H3. The molecule has 1 fully saturated rings. The summed E-state index contributed by atoms with van der Waals surface area (Å²) in [5.41, 5.74) is 0. The summed E-state index contributed by atoms with van der Waals surface area (Å²) in [6, 6.07) is 8.67. The Hall–Kier alpha value is -1.92. The fourth-order valence-corrected chi connectivity index (χ4v) is 5.51. The van der Waals surface area contributed by atoms with Crippen LogP contribution in [0, 0.1) is 5.92 Å². The summed E-state index contributed by atoms with van der Waals surface area (Å²) >= 11 is 5.81. The number of carbonyl (C=O) groups is 1. The predicted octanol–water partition coefficient (Wildman–Crippen LogP) is 2.33. The molecule has 3 rings (SSSR count). The number of hydrogen-bond acceptors (Lipinski definition) is 7. The van der Waals surface area contributed by atoms with E-state index in [0.29, 0.717) is 17.9 Å². The van der Waals surface area contributed by atoms with Gasteiger partial charge in [-0.2, -0.15) is 4.31 Å². The highest BCUT2D eigenvalue weighted by atomic mass is 35.5. The van der Waals surface area contributed by atoms with Gasteiger partial charge in [-0.3, -0.25) is 4.79 Å². The molecule has 1 aromatic heterocycles. The van der Waals surface area contributed by atoms with Crippen molar-refractivity contribution in [2.75, 3.05) is 27.2 Å². The van der Waals surface area contributed by atoms with Crippen LogP contribution in [0.4, 0.5) is 0 Å². The Labute approximate surface area is 186 Å². The van der Waals surface area contributed by atoms with Crippen LogP contribution in [0.5, 0.6) is 0 Å². The van der Waals surface area contributed by atoms with Gasteiger partial charge in [0.25, 0.3) is 10.0 Å². The van der Waals surface area contributed by atoms with Crippen LogP contribution in [-0.4, -0.2) is 58.6 Å². The van der Waals surface area contributed by atoms with Crippen LogP contribution in [0.15, 0.2) is 50.8 Å². The monoisotopic (exact) mass is 490 g/mol. The van der Waals surface area contributed by atoms with Crippen LogP contribution >= 0.6 is 11.6 Å². The van der Waals surface area contributed by atoms with E-state index in [2.05, 4.69) is 0 Å². The minimum absolute atomic E-state index is 0.152. The van der Waals surface area contributed by atoms with Crippen LogP contribution in [0.3, 0.4) is 0 Å². The van der Waals surface area contributed by atoms with Crippen molar-refractivity contribution in [1.29, 1.82) is 0 Å². The average molecular weight is 491 g/mol. The number of esters is 1. The topological polar surface area (TPSA) is 114 Å². The summed E-state index contributed by atoms with van der Waals surface area (Å²) in [5, 5.41) is 0.215. The highest BCUT2D eigenvalue weighted by Gasteiger charge is 2.33. The zero-order valence-electron chi connectivity index (χ0n) is 17.0. The summed E-state index contributed by atoms with van der Waals surface area (Å²) in [6.45, 7) is 0.179. The molecule has 9 nitrogen and oxygen atoms in total. The number of nitrogens with zero attached hydrogens (tertiary/aromatic N) is 2. The summed E-state index contributed by atoms with van der Waals surface area (Å²) < 4.78 is 62.4. The van der Waals surface area contributed by atoms with E-state index in [4.69, 9.17) is 20.8 Å². The predicted molar refractivity (Wildman–Crippen MR) is 112 cm³/mol. The van der Waals surface area contributed by atoms with Gasteiger partial charge in [-0.05, 0) is 49.2 Å². The van der Waals surface area contributed by atoms with E-state index in [1.54, 1.807) is 0 Å². The first kappa shape index (κ1) is 23.7. The van der Waals surface area contributed by atoms with E-state index in [1.807, 2.05) is 0 Å². The van der Waals surface area contributed by atoms with Gasteiger partial charge in [0.15, 0.2) is 0 Å². The quantitative estimate of drug-likeness (QED) is 0.547. The maximum absolute atomic E-state index is 12.7. The van der Waals surface area contributed by atoms with E-state index in [0.717, 1.165) is 4.31 Å². The first-order chi connectivity index (χ1) is 14.5. The number of benzene rings is 1. The molecule has 12 heteroatoms. The number of halogens is 1. The molecule has 1 aliphatic heterocycles. The van der Waals surface area contributed by atoms with Gasteiger partial charge in [0, 0.05) is 32.2 Å². The lowest BCUT2D eigenvalue weighted by molar-refractivity contribution is -0.151. The van der Waals surface area contributed by atoms with Gasteiger partial charge in [0.2, 0.25) is 15.1 Å². The summed E-state index contributed by atoms with van der Waals surface area (Å²) in [6.07, 6.45) is 0.647. The fraction of sp³-hybridized carbons (Fsp3) is 0.421. The summed E-state index contributed by atoms with van der Waals surface area (Å²) in [5.74, 6) is -0.718. The molecule has 0 spiro atoms. The van der Waals surface area contributed by atoms with Crippen LogP contribution in [0.2, 0.25) is 5.02 Å². The normalized spacial score (nSPS) is 16.5. The molecule has 1 aliphatic rings. The molecule has 170 valence electrons. The number of piperidine rings is 1. The molecule has 2 aromatic rings. The van der Waals surface area contributed by atoms with Crippen molar-refractivity contribution < 1.29 is 30.8 Å². The van der Waals surface area contributed by atoms with Gasteiger partial charge >= 0.3 is 5.97 Å². The smallest absolute Gasteiger partial charge is 0.309 e. The third kappa shape index (κ3) is 5.29. The second kappa shape index (κ2) is 9.29. The zero-order valence-corrected chi connectivity index (χ0v) is 19.4. The molecule has 1 saturated heterocycles. The lowest BCUT2D eigenvalue weighted by Crippen LogP contribution is -2.40. The van der Waals surface area contributed by atoms with Crippen molar-refractivity contribution in [2.24, 2.45) is 5.92 Å². The highest BCUT2D eigenvalue weighted by Crippen LogP contribution is 2.26. The van der Waals surface area contributed by atoms with Gasteiger partial charge in [-0.15, -0.1) is 0 Å². The van der Waals surface area contributed by atoms with Crippen LogP contribution in [-0.2, 0) is 36.2 Å². The number of sulfonamides is 2. The van der Waals surface area contributed by atoms with E-state index < -0.39 is 31.9 Å². The van der Waals surface area contributed by atoms with Crippen molar-refractivity contribution in [3.8, 4) is 0 Å². The van der Waals surface area contributed by atoms with Gasteiger partial charge in [-0.25, -0.2) is 21.1 Å². The largest absolute Gasteiger partial charge is 0.457 e. The zero-order chi connectivity index (χ0) is 22.8. The van der Waals surface area contributed by atoms with Crippen molar-refractivity contribution >= 4 is 37.6 Å².